The van der Waals surface area contributed by atoms with E-state index in [0.717, 1.165) is 12.8 Å². The van der Waals surface area contributed by atoms with Gasteiger partial charge in [0.05, 0.1) is 17.6 Å². The third-order valence-corrected chi connectivity index (χ3v) is 7.11. The van der Waals surface area contributed by atoms with E-state index in [-0.39, 0.29) is 16.2 Å². The molecule has 0 atom stereocenters. The molecule has 1 saturated heterocycles. The Kier molecular flexibility index (Phi) is 6.89. The molecular formula is C22H25NO6S. The molecule has 3 rings (SSSR count). The summed E-state index contributed by atoms with van der Waals surface area (Å²) in [4.78, 5) is 24.6. The number of hydrogen-bond donors (Lipinski definition) is 0. The molecule has 1 fully saturated rings. The van der Waals surface area contributed by atoms with Crippen LogP contribution >= 0.6 is 0 Å². The van der Waals surface area contributed by atoms with Crippen molar-refractivity contribution in [3.8, 4) is 5.75 Å². The van der Waals surface area contributed by atoms with Crippen LogP contribution in [-0.4, -0.2) is 51.3 Å². The number of carbonyl (C=O) groups is 2. The number of nitrogens with zero attached hydrogens (tertiary/aromatic N) is 1. The van der Waals surface area contributed by atoms with Crippen LogP contribution in [0.1, 0.15) is 40.5 Å². The van der Waals surface area contributed by atoms with Gasteiger partial charge in [0.2, 0.25) is 10.0 Å². The molecule has 0 aliphatic carbocycles. The van der Waals surface area contributed by atoms with Crippen LogP contribution in [0.4, 0.5) is 0 Å². The van der Waals surface area contributed by atoms with E-state index in [0.29, 0.717) is 30.3 Å². The summed E-state index contributed by atoms with van der Waals surface area (Å²) in [6, 6.07) is 12.2. The van der Waals surface area contributed by atoms with Crippen LogP contribution in [-0.2, 0) is 14.8 Å². The number of methoxy groups -OCH3 is 1. The summed E-state index contributed by atoms with van der Waals surface area (Å²) in [5.74, 6) is 0.00295. The average molecular weight is 432 g/mol. The van der Waals surface area contributed by atoms with Gasteiger partial charge >= 0.3 is 5.97 Å². The molecule has 7 nitrogen and oxygen atoms in total. The molecule has 1 aliphatic heterocycles. The normalized spacial score (nSPS) is 15.5. The monoisotopic (exact) mass is 431 g/mol. The lowest BCUT2D eigenvalue weighted by atomic mass is 10.0. The first-order valence-corrected chi connectivity index (χ1v) is 11.2. The van der Waals surface area contributed by atoms with Gasteiger partial charge in [0.15, 0.2) is 12.4 Å². The van der Waals surface area contributed by atoms with Crippen molar-refractivity contribution in [2.24, 2.45) is 5.92 Å². The summed E-state index contributed by atoms with van der Waals surface area (Å²) in [6.45, 7) is 2.70. The van der Waals surface area contributed by atoms with Crippen molar-refractivity contribution >= 4 is 21.8 Å². The molecule has 0 amide bonds. The molecule has 0 bridgehead atoms. The van der Waals surface area contributed by atoms with Crippen LogP contribution in [0.5, 0.6) is 5.75 Å². The quantitative estimate of drug-likeness (QED) is 0.494. The van der Waals surface area contributed by atoms with Crippen LogP contribution in [0, 0.1) is 5.92 Å². The Labute approximate surface area is 176 Å². The number of rotatable bonds is 7. The first-order valence-electron chi connectivity index (χ1n) is 9.76. The molecule has 2 aromatic rings. The van der Waals surface area contributed by atoms with Crippen molar-refractivity contribution in [2.45, 2.75) is 24.7 Å². The highest BCUT2D eigenvalue weighted by atomic mass is 32.2. The van der Waals surface area contributed by atoms with E-state index in [1.807, 2.05) is 0 Å². The lowest BCUT2D eigenvalue weighted by Crippen LogP contribution is -2.37. The van der Waals surface area contributed by atoms with E-state index < -0.39 is 22.6 Å². The number of ether oxygens (including phenoxy) is 2. The van der Waals surface area contributed by atoms with E-state index in [2.05, 4.69) is 6.92 Å². The van der Waals surface area contributed by atoms with Crippen molar-refractivity contribution in [1.29, 1.82) is 0 Å². The van der Waals surface area contributed by atoms with Crippen molar-refractivity contribution in [2.75, 3.05) is 26.8 Å². The molecule has 2 aromatic carbocycles. The molecule has 0 radical (unpaired) electrons. The van der Waals surface area contributed by atoms with Crippen molar-refractivity contribution < 1.29 is 27.5 Å². The summed E-state index contributed by atoms with van der Waals surface area (Å²) in [6.07, 6.45) is 1.68. The van der Waals surface area contributed by atoms with Crippen LogP contribution in [0.25, 0.3) is 0 Å². The standard InChI is InChI=1S/C22H25NO6S/c1-16-10-12-23(13-11-16)30(26,27)20-8-6-17(7-9-20)22(25)29-15-21(24)18-4-3-5-19(14-18)28-2/h3-9,14,16H,10-13,15H2,1-2H3. The molecule has 160 valence electrons. The van der Waals surface area contributed by atoms with Crippen LogP contribution in [0.2, 0.25) is 0 Å². The molecule has 0 unspecified atom stereocenters. The Balaban J connectivity index is 1.61. The third kappa shape index (κ3) is 5.06. The van der Waals surface area contributed by atoms with E-state index in [9.17, 15) is 18.0 Å². The second-order valence-corrected chi connectivity index (χ2v) is 9.28. The number of ketones is 1. The van der Waals surface area contributed by atoms with Crippen molar-refractivity contribution in [1.82, 2.24) is 4.31 Å². The van der Waals surface area contributed by atoms with Gasteiger partial charge in [-0.3, -0.25) is 4.79 Å². The SMILES string of the molecule is COc1cccc(C(=O)COC(=O)c2ccc(S(=O)(=O)N3CCC(C)CC3)cc2)c1. The third-order valence-electron chi connectivity index (χ3n) is 5.20. The lowest BCUT2D eigenvalue weighted by molar-refractivity contribution is 0.0474. The summed E-state index contributed by atoms with van der Waals surface area (Å²) >= 11 is 0. The Morgan fingerprint density at radius 1 is 1.03 bits per heavy atom. The van der Waals surface area contributed by atoms with Gasteiger partial charge in [0.25, 0.3) is 0 Å². The molecule has 1 heterocycles. The fraction of sp³-hybridized carbons (Fsp3) is 0.364. The second kappa shape index (κ2) is 9.40. The zero-order chi connectivity index (χ0) is 21.7. The zero-order valence-corrected chi connectivity index (χ0v) is 17.9. The van der Waals surface area contributed by atoms with E-state index in [1.165, 1.54) is 35.7 Å². The maximum atomic E-state index is 12.8. The average Bonchev–Trinajstić information content (AvgIpc) is 2.77. The number of piperidine rings is 1. The number of carbonyl (C=O) groups excluding carboxylic acids is 2. The predicted octanol–water partition coefficient (Wildman–Crippen LogP) is 3.16. The number of sulfonamides is 1. The first kappa shape index (κ1) is 22.0. The summed E-state index contributed by atoms with van der Waals surface area (Å²) in [7, 11) is -2.08. The molecule has 8 heteroatoms. The number of hydrogen-bond acceptors (Lipinski definition) is 6. The molecule has 30 heavy (non-hydrogen) atoms. The van der Waals surface area contributed by atoms with Gasteiger partial charge in [-0.2, -0.15) is 4.31 Å². The number of esters is 1. The molecule has 0 aromatic heterocycles. The maximum absolute atomic E-state index is 12.8. The van der Waals surface area contributed by atoms with Gasteiger partial charge < -0.3 is 9.47 Å². The van der Waals surface area contributed by atoms with Gasteiger partial charge in [-0.15, -0.1) is 0 Å². The second-order valence-electron chi connectivity index (χ2n) is 7.34. The van der Waals surface area contributed by atoms with Crippen LogP contribution in [0.15, 0.2) is 53.4 Å². The van der Waals surface area contributed by atoms with E-state index in [1.54, 1.807) is 24.3 Å². The minimum Gasteiger partial charge on any atom is -0.497 e. The Morgan fingerprint density at radius 3 is 2.33 bits per heavy atom. The van der Waals surface area contributed by atoms with Crippen molar-refractivity contribution in [3.05, 3.63) is 59.7 Å². The van der Waals surface area contributed by atoms with Gasteiger partial charge in [0, 0.05) is 18.7 Å². The highest BCUT2D eigenvalue weighted by Gasteiger charge is 2.28. The molecule has 0 saturated carbocycles. The predicted molar refractivity (Wildman–Crippen MR) is 111 cm³/mol. The van der Waals surface area contributed by atoms with Crippen molar-refractivity contribution in [3.63, 3.8) is 0 Å². The smallest absolute Gasteiger partial charge is 0.338 e. The van der Waals surface area contributed by atoms with E-state index in [4.69, 9.17) is 9.47 Å². The number of benzene rings is 2. The van der Waals surface area contributed by atoms with E-state index >= 15 is 0 Å². The molecule has 0 N–H and O–H groups in total. The molecule has 0 spiro atoms. The Morgan fingerprint density at radius 2 is 1.70 bits per heavy atom. The molecular weight excluding hydrogens is 406 g/mol. The topological polar surface area (TPSA) is 90.0 Å². The summed E-state index contributed by atoms with van der Waals surface area (Å²) in [5, 5.41) is 0. The highest BCUT2D eigenvalue weighted by Crippen LogP contribution is 2.23. The van der Waals surface area contributed by atoms with Gasteiger partial charge in [-0.1, -0.05) is 19.1 Å². The minimum absolute atomic E-state index is 0.140. The summed E-state index contributed by atoms with van der Waals surface area (Å²) < 4.78 is 37.1. The minimum atomic E-state index is -3.58. The summed E-state index contributed by atoms with van der Waals surface area (Å²) in [5.41, 5.74) is 0.555. The first-order chi connectivity index (χ1) is 14.3. The van der Waals surface area contributed by atoms with Gasteiger partial charge in [-0.25, -0.2) is 13.2 Å². The van der Waals surface area contributed by atoms with Crippen LogP contribution < -0.4 is 4.74 Å². The zero-order valence-electron chi connectivity index (χ0n) is 17.0. The Hall–Kier alpha value is -2.71. The van der Waals surface area contributed by atoms with Gasteiger partial charge in [-0.05, 0) is 55.2 Å². The highest BCUT2D eigenvalue weighted by molar-refractivity contribution is 7.89. The number of Topliss-reactive ketones (excluding diaryl/α,β-unsaturated/α-hetero) is 1. The largest absolute Gasteiger partial charge is 0.497 e. The lowest BCUT2D eigenvalue weighted by Gasteiger charge is -2.29. The maximum Gasteiger partial charge on any atom is 0.338 e. The Bertz CT molecular complexity index is 1010. The fourth-order valence-electron chi connectivity index (χ4n) is 3.23. The van der Waals surface area contributed by atoms with Crippen LogP contribution in [0.3, 0.4) is 0 Å². The van der Waals surface area contributed by atoms with Gasteiger partial charge in [0.1, 0.15) is 5.75 Å². The molecule has 1 aliphatic rings. The fourth-order valence-corrected chi connectivity index (χ4v) is 4.70.